The van der Waals surface area contributed by atoms with Crippen molar-refractivity contribution in [2.45, 2.75) is 43.7 Å². The summed E-state index contributed by atoms with van der Waals surface area (Å²) >= 11 is 5.31. The van der Waals surface area contributed by atoms with Crippen LogP contribution in [-0.2, 0) is 0 Å². The van der Waals surface area contributed by atoms with Gasteiger partial charge in [0, 0.05) is 21.2 Å². The topological polar surface area (TPSA) is 35.8 Å². The molecule has 0 saturated carbocycles. The molecule has 0 aliphatic heterocycles. The van der Waals surface area contributed by atoms with Gasteiger partial charge in [0.05, 0.1) is 6.07 Å². The summed E-state index contributed by atoms with van der Waals surface area (Å²) in [6, 6.07) is 10.9. The van der Waals surface area contributed by atoms with Crippen LogP contribution in [0.1, 0.15) is 27.2 Å². The smallest absolute Gasteiger partial charge is 0.104 e. The Morgan fingerprint density at radius 3 is 2.67 bits per heavy atom. The summed E-state index contributed by atoms with van der Waals surface area (Å²) in [5.41, 5.74) is -0.442. The van der Waals surface area contributed by atoms with E-state index in [2.05, 4.69) is 47.2 Å². The summed E-state index contributed by atoms with van der Waals surface area (Å²) in [4.78, 5) is 1.22. The highest BCUT2D eigenvalue weighted by Gasteiger charge is 2.23. The summed E-state index contributed by atoms with van der Waals surface area (Å²) in [6.07, 6.45) is 0.827. The summed E-state index contributed by atoms with van der Waals surface area (Å²) in [7, 11) is 0. The molecule has 0 heterocycles. The predicted molar refractivity (Wildman–Crippen MR) is 81.8 cm³/mol. The molecule has 1 atom stereocenters. The molecular formula is C14H19BrN2S. The normalized spacial score (nSPS) is 14.2. The molecular weight excluding hydrogens is 308 g/mol. The van der Waals surface area contributed by atoms with Gasteiger partial charge in [-0.2, -0.15) is 5.26 Å². The number of thioether (sulfide) groups is 1. The van der Waals surface area contributed by atoms with Crippen molar-refractivity contribution in [3.8, 4) is 6.07 Å². The van der Waals surface area contributed by atoms with E-state index < -0.39 is 5.54 Å². The van der Waals surface area contributed by atoms with E-state index in [0.29, 0.717) is 6.04 Å². The Hall–Kier alpha value is -0.500. The minimum Gasteiger partial charge on any atom is -0.297 e. The summed E-state index contributed by atoms with van der Waals surface area (Å²) in [5.74, 6) is 0.923. The van der Waals surface area contributed by atoms with E-state index in [9.17, 15) is 5.26 Å². The number of nitrogens with zero attached hydrogens (tertiary/aromatic N) is 1. The van der Waals surface area contributed by atoms with E-state index in [1.54, 1.807) is 11.8 Å². The average Bonchev–Trinajstić information content (AvgIpc) is 2.31. The van der Waals surface area contributed by atoms with E-state index >= 15 is 0 Å². The van der Waals surface area contributed by atoms with Crippen molar-refractivity contribution in [1.29, 1.82) is 5.26 Å². The first-order valence-electron chi connectivity index (χ1n) is 6.03. The van der Waals surface area contributed by atoms with Gasteiger partial charge in [-0.3, -0.25) is 5.32 Å². The van der Waals surface area contributed by atoms with E-state index in [1.165, 1.54) is 4.90 Å². The van der Waals surface area contributed by atoms with Gasteiger partial charge in [0.2, 0.25) is 0 Å². The largest absolute Gasteiger partial charge is 0.297 e. The van der Waals surface area contributed by atoms with Crippen molar-refractivity contribution >= 4 is 27.7 Å². The Labute approximate surface area is 122 Å². The lowest BCUT2D eigenvalue weighted by molar-refractivity contribution is 0.397. The lowest BCUT2D eigenvalue weighted by Gasteiger charge is -2.25. The fourth-order valence-electron chi connectivity index (χ4n) is 1.72. The Morgan fingerprint density at radius 2 is 2.11 bits per heavy atom. The lowest BCUT2D eigenvalue weighted by atomic mass is 10.0. The zero-order chi connectivity index (χ0) is 13.6. The summed E-state index contributed by atoms with van der Waals surface area (Å²) in [6.45, 7) is 6.10. The van der Waals surface area contributed by atoms with Crippen LogP contribution in [0, 0.1) is 11.3 Å². The Morgan fingerprint density at radius 1 is 1.44 bits per heavy atom. The second kappa shape index (κ2) is 7.18. The number of nitrogens with one attached hydrogen (secondary N) is 1. The van der Waals surface area contributed by atoms with Crippen molar-refractivity contribution in [3.63, 3.8) is 0 Å². The van der Waals surface area contributed by atoms with E-state index in [4.69, 9.17) is 0 Å². The Bertz CT molecular complexity index is 428. The van der Waals surface area contributed by atoms with Crippen LogP contribution in [0.4, 0.5) is 0 Å². The molecule has 1 aromatic carbocycles. The van der Waals surface area contributed by atoms with Crippen molar-refractivity contribution in [2.75, 3.05) is 5.75 Å². The Balaban J connectivity index is 2.50. The van der Waals surface area contributed by atoms with Gasteiger partial charge in [-0.05, 0) is 55.3 Å². The number of nitriles is 1. The van der Waals surface area contributed by atoms with Gasteiger partial charge >= 0.3 is 0 Å². The number of benzene rings is 1. The highest BCUT2D eigenvalue weighted by molar-refractivity contribution is 9.10. The molecule has 0 amide bonds. The molecule has 0 aliphatic carbocycles. The van der Waals surface area contributed by atoms with Gasteiger partial charge in [-0.25, -0.2) is 0 Å². The van der Waals surface area contributed by atoms with Gasteiger partial charge in [0.25, 0.3) is 0 Å². The average molecular weight is 327 g/mol. The van der Waals surface area contributed by atoms with Gasteiger partial charge < -0.3 is 0 Å². The quantitative estimate of drug-likeness (QED) is 0.795. The third-order valence-corrected chi connectivity index (χ3v) is 4.58. The maximum Gasteiger partial charge on any atom is 0.104 e. The van der Waals surface area contributed by atoms with Crippen molar-refractivity contribution in [2.24, 2.45) is 0 Å². The molecule has 1 aromatic rings. The number of rotatable bonds is 6. The van der Waals surface area contributed by atoms with Crippen LogP contribution < -0.4 is 5.32 Å². The molecule has 0 aliphatic rings. The van der Waals surface area contributed by atoms with Gasteiger partial charge in [-0.1, -0.05) is 12.1 Å². The molecule has 98 valence electrons. The minimum absolute atomic E-state index is 0.322. The van der Waals surface area contributed by atoms with E-state index in [0.717, 1.165) is 16.6 Å². The molecule has 0 aromatic heterocycles. The second-order valence-corrected chi connectivity index (χ2v) is 6.76. The van der Waals surface area contributed by atoms with Crippen LogP contribution in [0.5, 0.6) is 0 Å². The zero-order valence-electron chi connectivity index (χ0n) is 11.0. The number of hydrogen-bond acceptors (Lipinski definition) is 3. The molecule has 0 fully saturated rings. The SMILES string of the molecule is CC(C)NC(C)(C#N)CCSc1ccccc1Br. The minimum atomic E-state index is -0.442. The maximum absolute atomic E-state index is 9.25. The summed E-state index contributed by atoms with van der Waals surface area (Å²) < 4.78 is 1.12. The van der Waals surface area contributed by atoms with Crippen molar-refractivity contribution < 1.29 is 0 Å². The number of halogens is 1. The number of hydrogen-bond donors (Lipinski definition) is 1. The first-order valence-corrected chi connectivity index (χ1v) is 7.81. The second-order valence-electron chi connectivity index (χ2n) is 4.77. The third-order valence-electron chi connectivity index (χ3n) is 2.55. The molecule has 0 spiro atoms. The lowest BCUT2D eigenvalue weighted by Crippen LogP contribution is -2.45. The summed E-state index contributed by atoms with van der Waals surface area (Å²) in [5, 5.41) is 12.6. The predicted octanol–water partition coefficient (Wildman–Crippen LogP) is 4.21. The standard InChI is InChI=1S/C14H19BrN2S/c1-11(2)17-14(3,10-16)8-9-18-13-7-5-4-6-12(13)15/h4-7,11,17H,8-9H2,1-3H3. The van der Waals surface area contributed by atoms with Crippen LogP contribution in [0.25, 0.3) is 0 Å². The maximum atomic E-state index is 9.25. The molecule has 18 heavy (non-hydrogen) atoms. The third kappa shape index (κ3) is 5.01. The van der Waals surface area contributed by atoms with E-state index in [-0.39, 0.29) is 0 Å². The molecule has 0 bridgehead atoms. The molecule has 1 N–H and O–H groups in total. The highest BCUT2D eigenvalue weighted by atomic mass is 79.9. The van der Waals surface area contributed by atoms with Crippen molar-refractivity contribution in [3.05, 3.63) is 28.7 Å². The van der Waals surface area contributed by atoms with Crippen LogP contribution in [0.15, 0.2) is 33.6 Å². The molecule has 4 heteroatoms. The van der Waals surface area contributed by atoms with Gasteiger partial charge in [0.15, 0.2) is 0 Å². The molecule has 1 rings (SSSR count). The molecule has 0 saturated heterocycles. The monoisotopic (exact) mass is 326 g/mol. The Kier molecular flexibility index (Phi) is 6.20. The molecule has 1 unspecified atom stereocenters. The zero-order valence-corrected chi connectivity index (χ0v) is 13.4. The first-order chi connectivity index (χ1) is 8.47. The first kappa shape index (κ1) is 15.6. The van der Waals surface area contributed by atoms with E-state index in [1.807, 2.05) is 25.1 Å². The fraction of sp³-hybridized carbons (Fsp3) is 0.500. The van der Waals surface area contributed by atoms with Crippen molar-refractivity contribution in [1.82, 2.24) is 5.32 Å². The van der Waals surface area contributed by atoms with Crippen LogP contribution in [0.3, 0.4) is 0 Å². The van der Waals surface area contributed by atoms with Gasteiger partial charge in [-0.15, -0.1) is 11.8 Å². The van der Waals surface area contributed by atoms with Crippen LogP contribution in [-0.4, -0.2) is 17.3 Å². The van der Waals surface area contributed by atoms with Crippen LogP contribution >= 0.6 is 27.7 Å². The fourth-order valence-corrected chi connectivity index (χ4v) is 3.46. The van der Waals surface area contributed by atoms with Gasteiger partial charge in [0.1, 0.15) is 5.54 Å². The van der Waals surface area contributed by atoms with Crippen LogP contribution in [0.2, 0.25) is 0 Å². The molecule has 0 radical (unpaired) electrons. The highest BCUT2D eigenvalue weighted by Crippen LogP contribution is 2.28. The molecule has 2 nitrogen and oxygen atoms in total.